The van der Waals surface area contributed by atoms with Gasteiger partial charge in [0, 0.05) is 23.5 Å². The minimum absolute atomic E-state index is 0.00368. The first kappa shape index (κ1) is 23.8. The van der Waals surface area contributed by atoms with Crippen LogP contribution in [0.15, 0.2) is 53.9 Å². The fraction of sp³-hybridized carbons (Fsp3) is 0.357. The Bertz CT molecular complexity index is 1310. The molecule has 0 bridgehead atoms. The van der Waals surface area contributed by atoms with Crippen LogP contribution in [0.1, 0.15) is 39.7 Å². The van der Waals surface area contributed by atoms with Crippen LogP contribution in [0.5, 0.6) is 17.2 Å². The number of hydrogen-bond donors (Lipinski definition) is 0. The van der Waals surface area contributed by atoms with Gasteiger partial charge in [0.15, 0.2) is 11.5 Å². The molecular weight excluding hydrogens is 495 g/mol. The van der Waals surface area contributed by atoms with E-state index in [1.165, 1.54) is 17.0 Å². The molecule has 6 rings (SSSR count). The number of thiophene rings is 1. The van der Waals surface area contributed by atoms with Crippen LogP contribution in [0.3, 0.4) is 0 Å². The van der Waals surface area contributed by atoms with Gasteiger partial charge in [-0.1, -0.05) is 0 Å². The van der Waals surface area contributed by atoms with Gasteiger partial charge in [0.05, 0.1) is 6.04 Å². The number of ether oxygens (including phenoxy) is 3. The Kier molecular flexibility index (Phi) is 6.46. The van der Waals surface area contributed by atoms with E-state index in [0.717, 1.165) is 24.8 Å². The van der Waals surface area contributed by atoms with Crippen LogP contribution in [0.25, 0.3) is 0 Å². The van der Waals surface area contributed by atoms with Crippen LogP contribution in [-0.2, 0) is 11.2 Å². The number of fused-ring (bicyclic) bond motifs is 2. The van der Waals surface area contributed by atoms with Crippen molar-refractivity contribution in [2.45, 2.75) is 25.3 Å². The predicted octanol–water partition coefficient (Wildman–Crippen LogP) is 4.67. The molecule has 9 heteroatoms. The molecule has 2 aromatic carbocycles. The molecule has 1 atom stereocenters. The summed E-state index contributed by atoms with van der Waals surface area (Å²) in [5, 5.41) is 2.03. The second kappa shape index (κ2) is 10.0. The second-order valence-corrected chi connectivity index (χ2v) is 10.6. The molecule has 2 aliphatic heterocycles. The maximum atomic E-state index is 13.7. The number of amides is 2. The average Bonchev–Trinajstić information content (AvgIpc) is 3.38. The zero-order chi connectivity index (χ0) is 25.4. The van der Waals surface area contributed by atoms with Crippen LogP contribution in [0, 0.1) is 11.7 Å². The Morgan fingerprint density at radius 1 is 1.08 bits per heavy atom. The molecule has 0 spiro atoms. The smallest absolute Gasteiger partial charge is 0.254 e. The summed E-state index contributed by atoms with van der Waals surface area (Å²) in [5.41, 5.74) is 1.55. The lowest BCUT2D eigenvalue weighted by atomic mass is 10.00. The Hall–Kier alpha value is -3.59. The van der Waals surface area contributed by atoms with Crippen molar-refractivity contribution in [2.75, 3.05) is 33.0 Å². The Morgan fingerprint density at radius 3 is 2.70 bits per heavy atom. The number of carbonyl (C=O) groups excluding carboxylic acids is 2. The lowest BCUT2D eigenvalue weighted by Crippen LogP contribution is -2.48. The van der Waals surface area contributed by atoms with Gasteiger partial charge in [-0.25, -0.2) is 4.39 Å². The van der Waals surface area contributed by atoms with Gasteiger partial charge in [0.2, 0.25) is 12.7 Å². The zero-order valence-electron chi connectivity index (χ0n) is 20.2. The van der Waals surface area contributed by atoms with Crippen LogP contribution < -0.4 is 14.2 Å². The van der Waals surface area contributed by atoms with Crippen molar-refractivity contribution in [1.82, 2.24) is 9.80 Å². The van der Waals surface area contributed by atoms with Crippen LogP contribution in [-0.4, -0.2) is 54.6 Å². The van der Waals surface area contributed by atoms with E-state index in [1.807, 2.05) is 16.3 Å². The van der Waals surface area contributed by atoms with E-state index in [2.05, 4.69) is 0 Å². The van der Waals surface area contributed by atoms with Crippen molar-refractivity contribution in [2.24, 2.45) is 5.92 Å². The van der Waals surface area contributed by atoms with E-state index in [9.17, 15) is 14.0 Å². The quantitative estimate of drug-likeness (QED) is 0.430. The van der Waals surface area contributed by atoms with Crippen LogP contribution >= 0.6 is 11.3 Å². The molecule has 1 aromatic heterocycles. The van der Waals surface area contributed by atoms with Crippen LogP contribution in [0.2, 0.25) is 0 Å². The molecule has 192 valence electrons. The number of hydrogen-bond acceptors (Lipinski definition) is 6. The molecule has 37 heavy (non-hydrogen) atoms. The van der Waals surface area contributed by atoms with Crippen molar-refractivity contribution < 1.29 is 28.2 Å². The number of nitrogens with zero attached hydrogens (tertiary/aromatic N) is 2. The van der Waals surface area contributed by atoms with Crippen molar-refractivity contribution in [1.29, 1.82) is 0 Å². The maximum absolute atomic E-state index is 13.7. The largest absolute Gasteiger partial charge is 0.491 e. The molecule has 0 N–H and O–H groups in total. The molecule has 7 nitrogen and oxygen atoms in total. The van der Waals surface area contributed by atoms with E-state index in [-0.39, 0.29) is 43.6 Å². The number of carbonyl (C=O) groups is 2. The van der Waals surface area contributed by atoms with Gasteiger partial charge in [-0.05, 0) is 84.7 Å². The standard InChI is InChI=1S/C28H27FN2O5S/c29-20-4-6-21(7-5-20)34-16-23-22-10-12-37-26(22)9-11-31(23)27(32)15-30(14-18-1-2-18)28(33)19-3-8-24-25(13-19)36-17-35-24/h3-8,10,12-13,18,23H,1-2,9,11,14-17H2. The molecule has 1 aliphatic carbocycles. The monoisotopic (exact) mass is 522 g/mol. The van der Waals surface area contributed by atoms with Crippen molar-refractivity contribution in [3.8, 4) is 17.2 Å². The van der Waals surface area contributed by atoms with Gasteiger partial charge in [0.1, 0.15) is 24.7 Å². The highest BCUT2D eigenvalue weighted by atomic mass is 32.1. The summed E-state index contributed by atoms with van der Waals surface area (Å²) in [6.45, 7) is 1.49. The summed E-state index contributed by atoms with van der Waals surface area (Å²) < 4.78 is 30.1. The summed E-state index contributed by atoms with van der Waals surface area (Å²) in [6.07, 6.45) is 2.90. The molecule has 0 radical (unpaired) electrons. The highest BCUT2D eigenvalue weighted by Crippen LogP contribution is 2.36. The first-order valence-electron chi connectivity index (χ1n) is 12.5. The van der Waals surface area contributed by atoms with E-state index in [0.29, 0.717) is 41.8 Å². The van der Waals surface area contributed by atoms with Gasteiger partial charge in [-0.15, -0.1) is 11.3 Å². The topological polar surface area (TPSA) is 68.3 Å². The molecule has 1 fully saturated rings. The highest BCUT2D eigenvalue weighted by molar-refractivity contribution is 7.10. The summed E-state index contributed by atoms with van der Waals surface area (Å²) in [4.78, 5) is 32.0. The van der Waals surface area contributed by atoms with Gasteiger partial charge in [-0.3, -0.25) is 9.59 Å². The predicted molar refractivity (Wildman–Crippen MR) is 136 cm³/mol. The van der Waals surface area contributed by atoms with Crippen molar-refractivity contribution >= 4 is 23.2 Å². The van der Waals surface area contributed by atoms with Gasteiger partial charge in [0.25, 0.3) is 5.91 Å². The average molecular weight is 523 g/mol. The summed E-state index contributed by atoms with van der Waals surface area (Å²) in [7, 11) is 0. The van der Waals surface area contributed by atoms with Crippen LogP contribution in [0.4, 0.5) is 4.39 Å². The van der Waals surface area contributed by atoms with E-state index in [1.54, 1.807) is 46.6 Å². The van der Waals surface area contributed by atoms with Gasteiger partial charge >= 0.3 is 0 Å². The fourth-order valence-electron chi connectivity index (χ4n) is 4.88. The SMILES string of the molecule is O=C(c1ccc2c(c1)OCO2)N(CC(=O)N1CCc2sccc2C1COc1ccc(F)cc1)CC1CC1. The summed E-state index contributed by atoms with van der Waals surface area (Å²) >= 11 is 1.68. The Balaban J connectivity index is 1.20. The number of rotatable bonds is 8. The third-order valence-electron chi connectivity index (χ3n) is 7.05. The Labute approximate surface area is 218 Å². The lowest BCUT2D eigenvalue weighted by Gasteiger charge is -2.37. The summed E-state index contributed by atoms with van der Waals surface area (Å²) in [6, 6.07) is 12.8. The first-order chi connectivity index (χ1) is 18.0. The molecule has 3 heterocycles. The van der Waals surface area contributed by atoms with E-state index < -0.39 is 0 Å². The molecular formula is C28H27FN2O5S. The minimum atomic E-state index is -0.329. The fourth-order valence-corrected chi connectivity index (χ4v) is 5.81. The molecule has 2 amide bonds. The third-order valence-corrected chi connectivity index (χ3v) is 8.04. The molecule has 0 saturated heterocycles. The molecule has 1 saturated carbocycles. The van der Waals surface area contributed by atoms with Crippen molar-refractivity contribution in [3.05, 3.63) is 75.7 Å². The summed E-state index contributed by atoms with van der Waals surface area (Å²) in [5.74, 6) is 1.50. The maximum Gasteiger partial charge on any atom is 0.254 e. The Morgan fingerprint density at radius 2 is 1.89 bits per heavy atom. The second-order valence-electron chi connectivity index (χ2n) is 9.61. The minimum Gasteiger partial charge on any atom is -0.491 e. The normalized spacial score (nSPS) is 17.9. The molecule has 1 unspecified atom stereocenters. The first-order valence-corrected chi connectivity index (χ1v) is 13.4. The highest BCUT2D eigenvalue weighted by Gasteiger charge is 2.35. The third kappa shape index (κ3) is 5.13. The molecule has 3 aliphatic rings. The van der Waals surface area contributed by atoms with Gasteiger partial charge in [-0.2, -0.15) is 0 Å². The lowest BCUT2D eigenvalue weighted by molar-refractivity contribution is -0.135. The van der Waals surface area contributed by atoms with E-state index in [4.69, 9.17) is 14.2 Å². The van der Waals surface area contributed by atoms with Crippen molar-refractivity contribution in [3.63, 3.8) is 0 Å². The molecule has 3 aromatic rings. The zero-order valence-corrected chi connectivity index (χ0v) is 21.0. The van der Waals surface area contributed by atoms with Gasteiger partial charge < -0.3 is 24.0 Å². The van der Waals surface area contributed by atoms with E-state index >= 15 is 0 Å². The number of halogens is 1. The number of benzene rings is 2.